The van der Waals surface area contributed by atoms with E-state index in [2.05, 4.69) is 0 Å². The van der Waals surface area contributed by atoms with Crippen LogP contribution in [0.4, 0.5) is 0 Å². The highest BCUT2D eigenvalue weighted by Crippen LogP contribution is 2.13. The van der Waals surface area contributed by atoms with E-state index in [9.17, 15) is 4.21 Å². The molecule has 1 rings (SSSR count). The van der Waals surface area contributed by atoms with Crippen molar-refractivity contribution in [3.8, 4) is 5.75 Å². The standard InChI is InChI=1S/C11H16O3S/c1-14-11-7-5-10(6-8-11)4-2-3-9-15(12)13/h5-8H,2-4,9H2,1H3,(H,12,13). The Bertz CT molecular complexity index is 308. The molecule has 1 unspecified atom stereocenters. The molecule has 0 saturated carbocycles. The van der Waals surface area contributed by atoms with Crippen LogP contribution in [0, 0.1) is 0 Å². The van der Waals surface area contributed by atoms with E-state index in [1.54, 1.807) is 7.11 Å². The molecule has 84 valence electrons. The topological polar surface area (TPSA) is 46.5 Å². The molecule has 1 atom stereocenters. The molecule has 0 amide bonds. The normalized spacial score (nSPS) is 12.4. The third kappa shape index (κ3) is 4.95. The van der Waals surface area contributed by atoms with Gasteiger partial charge in [0.2, 0.25) is 0 Å². The average Bonchev–Trinajstić information content (AvgIpc) is 2.25. The van der Waals surface area contributed by atoms with Crippen LogP contribution in [-0.4, -0.2) is 21.6 Å². The summed E-state index contributed by atoms with van der Waals surface area (Å²) in [4.78, 5) is 0. The summed E-state index contributed by atoms with van der Waals surface area (Å²) < 4.78 is 24.0. The number of hydrogen-bond donors (Lipinski definition) is 1. The third-order valence-corrected chi connectivity index (χ3v) is 2.83. The zero-order chi connectivity index (χ0) is 11.1. The lowest BCUT2D eigenvalue weighted by Crippen LogP contribution is -1.95. The summed E-state index contributed by atoms with van der Waals surface area (Å²) in [5, 5.41) is 0. The van der Waals surface area contributed by atoms with Crippen LogP contribution in [-0.2, 0) is 17.5 Å². The van der Waals surface area contributed by atoms with Gasteiger partial charge in [-0.1, -0.05) is 12.1 Å². The maximum Gasteiger partial charge on any atom is 0.152 e. The van der Waals surface area contributed by atoms with Crippen molar-refractivity contribution in [1.29, 1.82) is 0 Å². The van der Waals surface area contributed by atoms with Crippen molar-refractivity contribution in [3.63, 3.8) is 0 Å². The monoisotopic (exact) mass is 228 g/mol. The average molecular weight is 228 g/mol. The summed E-state index contributed by atoms with van der Waals surface area (Å²) in [6.07, 6.45) is 2.68. The lowest BCUT2D eigenvalue weighted by atomic mass is 10.1. The second kappa shape index (κ2) is 6.58. The van der Waals surface area contributed by atoms with Gasteiger partial charge in [-0.2, -0.15) is 0 Å². The van der Waals surface area contributed by atoms with Gasteiger partial charge in [0.15, 0.2) is 11.1 Å². The minimum atomic E-state index is -1.65. The van der Waals surface area contributed by atoms with Gasteiger partial charge in [-0.25, -0.2) is 4.21 Å². The number of rotatable bonds is 6. The van der Waals surface area contributed by atoms with Gasteiger partial charge in [-0.15, -0.1) is 0 Å². The summed E-state index contributed by atoms with van der Waals surface area (Å²) in [6.45, 7) is 0. The number of benzene rings is 1. The summed E-state index contributed by atoms with van der Waals surface area (Å²) in [5.74, 6) is 1.23. The van der Waals surface area contributed by atoms with E-state index >= 15 is 0 Å². The first-order valence-electron chi connectivity index (χ1n) is 4.93. The van der Waals surface area contributed by atoms with Crippen LogP contribution in [0.25, 0.3) is 0 Å². The molecule has 0 aliphatic carbocycles. The fraction of sp³-hybridized carbons (Fsp3) is 0.455. The molecule has 4 heteroatoms. The first-order valence-corrected chi connectivity index (χ1v) is 6.20. The minimum absolute atomic E-state index is 0.371. The summed E-state index contributed by atoms with van der Waals surface area (Å²) >= 11 is -1.65. The fourth-order valence-electron chi connectivity index (χ4n) is 1.35. The second-order valence-electron chi connectivity index (χ2n) is 3.33. The predicted molar refractivity (Wildman–Crippen MR) is 61.6 cm³/mol. The first kappa shape index (κ1) is 12.2. The quantitative estimate of drug-likeness (QED) is 0.600. The fourth-order valence-corrected chi connectivity index (χ4v) is 1.80. The number of aryl methyl sites for hydroxylation is 1. The number of methoxy groups -OCH3 is 1. The van der Waals surface area contributed by atoms with Gasteiger partial charge in [0.05, 0.1) is 7.11 Å². The predicted octanol–water partition coefficient (Wildman–Crippen LogP) is 2.24. The van der Waals surface area contributed by atoms with Crippen LogP contribution < -0.4 is 4.74 Å². The maximum absolute atomic E-state index is 10.4. The number of hydrogen-bond acceptors (Lipinski definition) is 2. The Balaban J connectivity index is 2.28. The molecule has 1 aromatic carbocycles. The molecule has 3 nitrogen and oxygen atoms in total. The molecule has 0 aliphatic rings. The molecule has 1 aromatic rings. The van der Waals surface area contributed by atoms with Gasteiger partial charge in [-0.3, -0.25) is 0 Å². The molecule has 0 saturated heterocycles. The molecule has 0 fully saturated rings. The maximum atomic E-state index is 10.4. The highest BCUT2D eigenvalue weighted by atomic mass is 32.2. The first-order chi connectivity index (χ1) is 7.22. The highest BCUT2D eigenvalue weighted by Gasteiger charge is 1.97. The van der Waals surface area contributed by atoms with Gasteiger partial charge in [-0.05, 0) is 37.0 Å². The van der Waals surface area contributed by atoms with Crippen molar-refractivity contribution in [2.45, 2.75) is 19.3 Å². The molecular weight excluding hydrogens is 212 g/mol. The zero-order valence-electron chi connectivity index (χ0n) is 8.81. The van der Waals surface area contributed by atoms with E-state index in [-0.39, 0.29) is 0 Å². The Morgan fingerprint density at radius 2 is 1.93 bits per heavy atom. The Hall–Kier alpha value is -0.870. The van der Waals surface area contributed by atoms with Crippen molar-refractivity contribution in [2.75, 3.05) is 12.9 Å². The SMILES string of the molecule is COc1ccc(CCCCS(=O)O)cc1. The van der Waals surface area contributed by atoms with Crippen molar-refractivity contribution in [1.82, 2.24) is 0 Å². The molecule has 15 heavy (non-hydrogen) atoms. The number of unbranched alkanes of at least 4 members (excludes halogenated alkanes) is 1. The zero-order valence-corrected chi connectivity index (χ0v) is 9.63. The Kier molecular flexibility index (Phi) is 5.36. The molecule has 1 N–H and O–H groups in total. The van der Waals surface area contributed by atoms with Crippen LogP contribution >= 0.6 is 0 Å². The highest BCUT2D eigenvalue weighted by molar-refractivity contribution is 7.79. The Morgan fingerprint density at radius 3 is 2.47 bits per heavy atom. The van der Waals surface area contributed by atoms with Crippen molar-refractivity contribution in [2.24, 2.45) is 0 Å². The third-order valence-electron chi connectivity index (χ3n) is 2.19. The molecule has 0 aromatic heterocycles. The molecule has 0 aliphatic heterocycles. The van der Waals surface area contributed by atoms with E-state index in [0.717, 1.165) is 25.0 Å². The van der Waals surface area contributed by atoms with Gasteiger partial charge in [0, 0.05) is 5.75 Å². The van der Waals surface area contributed by atoms with Crippen molar-refractivity contribution >= 4 is 11.1 Å². The lowest BCUT2D eigenvalue weighted by Gasteiger charge is -2.02. The molecular formula is C11H16O3S. The smallest absolute Gasteiger partial charge is 0.152 e. The molecule has 0 heterocycles. The number of ether oxygens (including phenoxy) is 1. The van der Waals surface area contributed by atoms with E-state index in [0.29, 0.717) is 5.75 Å². The van der Waals surface area contributed by atoms with Crippen molar-refractivity contribution < 1.29 is 13.5 Å². The summed E-state index contributed by atoms with van der Waals surface area (Å²) in [7, 11) is 1.64. The van der Waals surface area contributed by atoms with E-state index in [1.165, 1.54) is 5.56 Å². The van der Waals surface area contributed by atoms with Crippen LogP contribution in [0.15, 0.2) is 24.3 Å². The van der Waals surface area contributed by atoms with Crippen LogP contribution in [0.2, 0.25) is 0 Å². The largest absolute Gasteiger partial charge is 0.497 e. The molecule has 0 spiro atoms. The summed E-state index contributed by atoms with van der Waals surface area (Å²) in [5.41, 5.74) is 1.24. The van der Waals surface area contributed by atoms with E-state index in [1.807, 2.05) is 24.3 Å². The van der Waals surface area contributed by atoms with Gasteiger partial charge < -0.3 is 9.29 Å². The van der Waals surface area contributed by atoms with Crippen LogP contribution in [0.1, 0.15) is 18.4 Å². The van der Waals surface area contributed by atoms with Crippen molar-refractivity contribution in [3.05, 3.63) is 29.8 Å². The van der Waals surface area contributed by atoms with E-state index < -0.39 is 11.1 Å². The molecule has 0 radical (unpaired) electrons. The summed E-state index contributed by atoms with van der Waals surface area (Å²) in [6, 6.07) is 7.91. The Labute approximate surface area is 92.7 Å². The van der Waals surface area contributed by atoms with Crippen LogP contribution in [0.5, 0.6) is 5.75 Å². The van der Waals surface area contributed by atoms with Crippen LogP contribution in [0.3, 0.4) is 0 Å². The second-order valence-corrected chi connectivity index (χ2v) is 4.38. The molecule has 0 bridgehead atoms. The van der Waals surface area contributed by atoms with E-state index in [4.69, 9.17) is 9.29 Å². The van der Waals surface area contributed by atoms with Gasteiger partial charge >= 0.3 is 0 Å². The Morgan fingerprint density at radius 1 is 1.27 bits per heavy atom. The lowest BCUT2D eigenvalue weighted by molar-refractivity contribution is 0.414. The van der Waals surface area contributed by atoms with Gasteiger partial charge in [0.25, 0.3) is 0 Å². The minimum Gasteiger partial charge on any atom is -0.497 e. The van der Waals surface area contributed by atoms with Gasteiger partial charge in [0.1, 0.15) is 5.75 Å².